The van der Waals surface area contributed by atoms with Crippen molar-refractivity contribution in [2.24, 2.45) is 5.92 Å². The van der Waals surface area contributed by atoms with Gasteiger partial charge in [0.25, 0.3) is 5.91 Å². The minimum Gasteiger partial charge on any atom is -0.481 e. The Morgan fingerprint density at radius 3 is 2.81 bits per heavy atom. The molecule has 3 atom stereocenters. The van der Waals surface area contributed by atoms with Gasteiger partial charge in [0.2, 0.25) is 11.8 Å². The number of ether oxygens (including phenoxy) is 2. The first-order valence-corrected chi connectivity index (χ1v) is 9.00. The summed E-state index contributed by atoms with van der Waals surface area (Å²) < 4.78 is 11.2. The minimum absolute atomic E-state index is 0.0143. The zero-order chi connectivity index (χ0) is 19.0. The Bertz CT molecular complexity index is 846. The Kier molecular flexibility index (Phi) is 4.65. The molecular formula is C19H23N5O3. The predicted molar refractivity (Wildman–Crippen MR) is 97.3 cm³/mol. The van der Waals surface area contributed by atoms with E-state index in [4.69, 9.17) is 9.47 Å². The predicted octanol–water partition coefficient (Wildman–Crippen LogP) is 0.909. The summed E-state index contributed by atoms with van der Waals surface area (Å²) in [7, 11) is 3.46. The van der Waals surface area contributed by atoms with Gasteiger partial charge in [-0.05, 0) is 13.0 Å². The SMILES string of the molecule is COc1cccc(CN2C[C@@H]3[C@H](Oc4ccnc(C)n4)C(=O)N(C)[C@@H]3C2)n1. The van der Waals surface area contributed by atoms with Crippen molar-refractivity contribution in [1.29, 1.82) is 0 Å². The molecular weight excluding hydrogens is 346 g/mol. The Hall–Kier alpha value is -2.74. The first-order chi connectivity index (χ1) is 13.0. The van der Waals surface area contributed by atoms with Gasteiger partial charge in [0.05, 0.1) is 18.8 Å². The van der Waals surface area contributed by atoms with Crippen molar-refractivity contribution in [2.45, 2.75) is 25.6 Å². The molecule has 8 heteroatoms. The van der Waals surface area contributed by atoms with Gasteiger partial charge in [-0.2, -0.15) is 4.98 Å². The number of aryl methyl sites for hydroxylation is 1. The number of methoxy groups -OCH3 is 1. The van der Waals surface area contributed by atoms with Crippen molar-refractivity contribution in [3.63, 3.8) is 0 Å². The van der Waals surface area contributed by atoms with Crippen LogP contribution in [-0.4, -0.2) is 70.1 Å². The van der Waals surface area contributed by atoms with Crippen LogP contribution in [0.2, 0.25) is 0 Å². The van der Waals surface area contributed by atoms with E-state index >= 15 is 0 Å². The van der Waals surface area contributed by atoms with Gasteiger partial charge in [0.15, 0.2) is 6.10 Å². The van der Waals surface area contributed by atoms with E-state index in [1.807, 2.05) is 30.1 Å². The van der Waals surface area contributed by atoms with Crippen LogP contribution < -0.4 is 9.47 Å². The number of hydrogen-bond acceptors (Lipinski definition) is 7. The van der Waals surface area contributed by atoms with Gasteiger partial charge in [0.1, 0.15) is 5.82 Å². The fourth-order valence-corrected chi connectivity index (χ4v) is 3.93. The van der Waals surface area contributed by atoms with E-state index in [-0.39, 0.29) is 17.9 Å². The molecule has 0 radical (unpaired) electrons. The molecule has 0 unspecified atom stereocenters. The molecule has 2 fully saturated rings. The van der Waals surface area contributed by atoms with Gasteiger partial charge < -0.3 is 14.4 Å². The Labute approximate surface area is 158 Å². The van der Waals surface area contributed by atoms with Crippen molar-refractivity contribution in [3.8, 4) is 11.8 Å². The quantitative estimate of drug-likeness (QED) is 0.775. The highest BCUT2D eigenvalue weighted by Gasteiger charge is 2.52. The maximum Gasteiger partial charge on any atom is 0.264 e. The van der Waals surface area contributed by atoms with Crippen LogP contribution in [0, 0.1) is 12.8 Å². The number of hydrogen-bond donors (Lipinski definition) is 0. The molecule has 2 aromatic rings. The summed E-state index contributed by atoms with van der Waals surface area (Å²) in [5.41, 5.74) is 0.951. The second kappa shape index (κ2) is 7.11. The van der Waals surface area contributed by atoms with Crippen molar-refractivity contribution in [2.75, 3.05) is 27.2 Å². The summed E-state index contributed by atoms with van der Waals surface area (Å²) in [5.74, 6) is 1.80. The van der Waals surface area contributed by atoms with Crippen molar-refractivity contribution < 1.29 is 14.3 Å². The lowest BCUT2D eigenvalue weighted by Gasteiger charge is -2.22. The lowest BCUT2D eigenvalue weighted by Crippen LogP contribution is -2.38. The number of pyridine rings is 1. The van der Waals surface area contributed by atoms with E-state index in [0.29, 0.717) is 24.1 Å². The highest BCUT2D eigenvalue weighted by atomic mass is 16.5. The number of likely N-dealkylation sites (N-methyl/N-ethyl adjacent to an activating group) is 1. The molecule has 2 saturated heterocycles. The number of likely N-dealkylation sites (tertiary alicyclic amines) is 2. The van der Waals surface area contributed by atoms with Crippen molar-refractivity contribution in [1.82, 2.24) is 24.8 Å². The molecule has 4 rings (SSSR count). The van der Waals surface area contributed by atoms with E-state index in [1.165, 1.54) is 0 Å². The molecule has 1 amide bonds. The van der Waals surface area contributed by atoms with Crippen molar-refractivity contribution in [3.05, 3.63) is 42.0 Å². The summed E-state index contributed by atoms with van der Waals surface area (Å²) >= 11 is 0. The van der Waals surface area contributed by atoms with E-state index in [2.05, 4.69) is 19.9 Å². The van der Waals surface area contributed by atoms with Crippen LogP contribution in [0.4, 0.5) is 0 Å². The average Bonchev–Trinajstić information content (AvgIpc) is 3.16. The highest BCUT2D eigenvalue weighted by Crippen LogP contribution is 2.34. The first-order valence-electron chi connectivity index (χ1n) is 9.00. The Morgan fingerprint density at radius 2 is 2.04 bits per heavy atom. The molecule has 0 N–H and O–H groups in total. The van der Waals surface area contributed by atoms with Crippen molar-refractivity contribution >= 4 is 5.91 Å². The van der Waals surface area contributed by atoms with Crippen LogP contribution in [0.5, 0.6) is 11.8 Å². The number of fused-ring (bicyclic) bond motifs is 1. The molecule has 0 bridgehead atoms. The zero-order valence-electron chi connectivity index (χ0n) is 15.7. The van der Waals surface area contributed by atoms with E-state index in [0.717, 1.165) is 18.8 Å². The molecule has 2 aliphatic rings. The molecule has 0 aliphatic carbocycles. The third-order valence-corrected chi connectivity index (χ3v) is 5.26. The molecule has 4 heterocycles. The second-order valence-corrected chi connectivity index (χ2v) is 7.03. The normalized spacial score (nSPS) is 24.9. The topological polar surface area (TPSA) is 80.7 Å². The molecule has 0 spiro atoms. The monoisotopic (exact) mass is 369 g/mol. The number of carbonyl (C=O) groups is 1. The van der Waals surface area contributed by atoms with Gasteiger partial charge in [-0.15, -0.1) is 0 Å². The van der Waals surface area contributed by atoms with Crippen LogP contribution in [0.15, 0.2) is 30.5 Å². The summed E-state index contributed by atoms with van der Waals surface area (Å²) in [5, 5.41) is 0. The molecule has 2 aliphatic heterocycles. The van der Waals surface area contributed by atoms with Crippen LogP contribution >= 0.6 is 0 Å². The molecule has 2 aromatic heterocycles. The Morgan fingerprint density at radius 1 is 1.19 bits per heavy atom. The zero-order valence-corrected chi connectivity index (χ0v) is 15.7. The molecule has 27 heavy (non-hydrogen) atoms. The minimum atomic E-state index is -0.516. The molecule has 142 valence electrons. The third-order valence-electron chi connectivity index (χ3n) is 5.26. The van der Waals surface area contributed by atoms with E-state index in [9.17, 15) is 4.79 Å². The number of rotatable bonds is 5. The molecule has 8 nitrogen and oxygen atoms in total. The highest BCUT2D eigenvalue weighted by molar-refractivity contribution is 5.84. The van der Waals surface area contributed by atoms with Crippen LogP contribution in [0.25, 0.3) is 0 Å². The lowest BCUT2D eigenvalue weighted by molar-refractivity contribution is -0.134. The Balaban J connectivity index is 1.48. The van der Waals surface area contributed by atoms with Crippen LogP contribution in [0.1, 0.15) is 11.5 Å². The van der Waals surface area contributed by atoms with Crippen LogP contribution in [-0.2, 0) is 11.3 Å². The first kappa shape index (κ1) is 17.7. The summed E-state index contributed by atoms with van der Waals surface area (Å²) in [6.45, 7) is 4.09. The van der Waals surface area contributed by atoms with Gasteiger partial charge in [0, 0.05) is 50.9 Å². The largest absolute Gasteiger partial charge is 0.481 e. The number of aromatic nitrogens is 3. The van der Waals surface area contributed by atoms with Crippen LogP contribution in [0.3, 0.4) is 0 Å². The standard InChI is InChI=1S/C19H23N5O3/c1-12-20-8-7-17(21-12)27-18-14-10-24(11-15(14)23(2)19(18)25)9-13-5-4-6-16(22-13)26-3/h4-8,14-15,18H,9-11H2,1-3H3/t14-,15+,18-/m0/s1. The van der Waals surface area contributed by atoms with Gasteiger partial charge in [-0.1, -0.05) is 6.07 Å². The third kappa shape index (κ3) is 3.44. The maximum atomic E-state index is 12.7. The number of amides is 1. The molecule has 0 aromatic carbocycles. The fraction of sp³-hybridized carbons (Fsp3) is 0.474. The number of nitrogens with zero attached hydrogens (tertiary/aromatic N) is 5. The fourth-order valence-electron chi connectivity index (χ4n) is 3.93. The summed E-state index contributed by atoms with van der Waals surface area (Å²) in [6, 6.07) is 7.60. The summed E-state index contributed by atoms with van der Waals surface area (Å²) in [6.07, 6.45) is 1.13. The average molecular weight is 369 g/mol. The number of carbonyl (C=O) groups excluding carboxylic acids is 1. The molecule has 0 saturated carbocycles. The van der Waals surface area contributed by atoms with E-state index in [1.54, 1.807) is 26.3 Å². The van der Waals surface area contributed by atoms with Gasteiger partial charge in [-0.3, -0.25) is 9.69 Å². The van der Waals surface area contributed by atoms with E-state index < -0.39 is 6.10 Å². The summed E-state index contributed by atoms with van der Waals surface area (Å²) in [4.78, 5) is 29.6. The smallest absolute Gasteiger partial charge is 0.264 e. The van der Waals surface area contributed by atoms with Gasteiger partial charge in [-0.25, -0.2) is 9.97 Å². The second-order valence-electron chi connectivity index (χ2n) is 7.03. The lowest BCUT2D eigenvalue weighted by atomic mass is 10.0. The van der Waals surface area contributed by atoms with Gasteiger partial charge >= 0.3 is 0 Å². The maximum absolute atomic E-state index is 12.7.